The second kappa shape index (κ2) is 9.01. The number of nitrogens with one attached hydrogen (secondary N) is 1. The topological polar surface area (TPSA) is 62.1 Å². The van der Waals surface area contributed by atoms with Gasteiger partial charge in [0.2, 0.25) is 5.91 Å². The molecule has 0 bridgehead atoms. The van der Waals surface area contributed by atoms with Gasteiger partial charge in [0, 0.05) is 19.6 Å². The van der Waals surface area contributed by atoms with Gasteiger partial charge in [-0.25, -0.2) is 0 Å². The molecule has 0 aliphatic heterocycles. The quantitative estimate of drug-likeness (QED) is 0.596. The van der Waals surface area contributed by atoms with Crippen LogP contribution in [0.25, 0.3) is 0 Å². The van der Waals surface area contributed by atoms with E-state index >= 15 is 0 Å². The fourth-order valence-corrected chi connectivity index (χ4v) is 0.755. The highest BCUT2D eigenvalue weighted by molar-refractivity contribution is 5.77. The lowest BCUT2D eigenvalue weighted by Gasteiger charge is -2.03. The Morgan fingerprint density at radius 3 is 3.00 bits per heavy atom. The van der Waals surface area contributed by atoms with E-state index in [0.29, 0.717) is 26.0 Å². The molecule has 4 nitrogen and oxygen atoms in total. The van der Waals surface area contributed by atoms with E-state index in [0.717, 1.165) is 6.42 Å². The van der Waals surface area contributed by atoms with Gasteiger partial charge in [0.25, 0.3) is 0 Å². The summed E-state index contributed by atoms with van der Waals surface area (Å²) in [4.78, 5) is 11.0. The predicted molar refractivity (Wildman–Crippen MR) is 49.0 cm³/mol. The van der Waals surface area contributed by atoms with Crippen LogP contribution in [0.2, 0.25) is 0 Å². The van der Waals surface area contributed by atoms with Gasteiger partial charge in [-0.15, -0.1) is 0 Å². The molecule has 0 aromatic carbocycles. The van der Waals surface area contributed by atoms with Crippen LogP contribution in [-0.4, -0.2) is 25.7 Å². The van der Waals surface area contributed by atoms with Crippen LogP contribution in [0, 0.1) is 11.3 Å². The molecule has 0 aliphatic carbocycles. The number of hydrogen-bond donors (Lipinski definition) is 1. The highest BCUT2D eigenvalue weighted by Gasteiger charge is 1.98. The second-order valence-electron chi connectivity index (χ2n) is 2.66. The van der Waals surface area contributed by atoms with Gasteiger partial charge in [0.1, 0.15) is 6.61 Å². The van der Waals surface area contributed by atoms with Crippen LogP contribution in [0.4, 0.5) is 0 Å². The van der Waals surface area contributed by atoms with E-state index in [9.17, 15) is 4.79 Å². The molecular weight excluding hydrogens is 168 g/mol. The Bertz CT molecular complexity index is 175. The number of carbonyl (C=O) groups is 1. The van der Waals surface area contributed by atoms with Crippen molar-refractivity contribution in [3.05, 3.63) is 0 Å². The van der Waals surface area contributed by atoms with Crippen LogP contribution in [-0.2, 0) is 9.53 Å². The van der Waals surface area contributed by atoms with Crippen molar-refractivity contribution in [2.45, 2.75) is 26.2 Å². The first-order valence-corrected chi connectivity index (χ1v) is 4.52. The summed E-state index contributed by atoms with van der Waals surface area (Å²) in [6.07, 6.45) is 2.10. The summed E-state index contributed by atoms with van der Waals surface area (Å²) >= 11 is 0. The lowest BCUT2D eigenvalue weighted by molar-refractivity contribution is -0.125. The van der Waals surface area contributed by atoms with Gasteiger partial charge in [-0.2, -0.15) is 5.26 Å². The monoisotopic (exact) mass is 184 g/mol. The summed E-state index contributed by atoms with van der Waals surface area (Å²) in [7, 11) is 0. The third kappa shape index (κ3) is 8.83. The molecule has 0 aliphatic rings. The minimum Gasteiger partial charge on any atom is -0.372 e. The standard InChI is InChI=1S/C9H16N2O2/c1-2-7-13-8-9(12)11-6-4-3-5-10/h2-4,6-8H2,1H3,(H,11,12). The molecule has 13 heavy (non-hydrogen) atoms. The van der Waals surface area contributed by atoms with E-state index in [1.54, 1.807) is 0 Å². The predicted octanol–water partition coefficient (Wildman–Crippen LogP) is 0.833. The molecule has 0 atom stereocenters. The first-order chi connectivity index (χ1) is 6.31. The Balaban J connectivity index is 3.16. The summed E-state index contributed by atoms with van der Waals surface area (Å²) in [5.41, 5.74) is 0. The zero-order valence-corrected chi connectivity index (χ0v) is 8.01. The average molecular weight is 184 g/mol. The maximum absolute atomic E-state index is 11.0. The normalized spacial score (nSPS) is 9.23. The molecule has 0 fully saturated rings. The molecule has 1 N–H and O–H groups in total. The minimum absolute atomic E-state index is 0.105. The summed E-state index contributed by atoms with van der Waals surface area (Å²) in [6.45, 7) is 3.29. The highest BCUT2D eigenvalue weighted by Crippen LogP contribution is 1.84. The molecular formula is C9H16N2O2. The SMILES string of the molecule is CCCOCC(=O)NCCCC#N. The number of unbranched alkanes of at least 4 members (excludes halogenated alkanes) is 1. The van der Waals surface area contributed by atoms with Crippen molar-refractivity contribution in [3.63, 3.8) is 0 Å². The molecule has 4 heteroatoms. The molecule has 1 amide bonds. The summed E-state index contributed by atoms with van der Waals surface area (Å²) in [6, 6.07) is 2.01. The van der Waals surface area contributed by atoms with Gasteiger partial charge in [-0.1, -0.05) is 6.92 Å². The fraction of sp³-hybridized carbons (Fsp3) is 0.778. The first kappa shape index (κ1) is 11.9. The molecule has 0 saturated heterocycles. The minimum atomic E-state index is -0.105. The summed E-state index contributed by atoms with van der Waals surface area (Å²) in [5, 5.41) is 10.9. The molecule has 0 rings (SSSR count). The molecule has 74 valence electrons. The Labute approximate surface area is 78.9 Å². The highest BCUT2D eigenvalue weighted by atomic mass is 16.5. The third-order valence-electron chi connectivity index (χ3n) is 1.37. The van der Waals surface area contributed by atoms with Crippen molar-refractivity contribution in [1.29, 1.82) is 5.26 Å². The molecule has 0 aromatic heterocycles. The fourth-order valence-electron chi connectivity index (χ4n) is 0.755. The largest absolute Gasteiger partial charge is 0.372 e. The van der Waals surface area contributed by atoms with Gasteiger partial charge in [0.15, 0.2) is 0 Å². The Morgan fingerprint density at radius 1 is 1.62 bits per heavy atom. The molecule has 0 heterocycles. The number of amides is 1. The lowest BCUT2D eigenvalue weighted by atomic mass is 10.3. The van der Waals surface area contributed by atoms with E-state index in [2.05, 4.69) is 5.32 Å². The van der Waals surface area contributed by atoms with Crippen molar-refractivity contribution in [3.8, 4) is 6.07 Å². The Kier molecular flexibility index (Phi) is 8.26. The molecule has 0 unspecified atom stereocenters. The van der Waals surface area contributed by atoms with Crippen LogP contribution in [0.5, 0.6) is 0 Å². The number of hydrogen-bond acceptors (Lipinski definition) is 3. The molecule has 0 spiro atoms. The zero-order valence-electron chi connectivity index (χ0n) is 8.01. The smallest absolute Gasteiger partial charge is 0.245 e. The van der Waals surface area contributed by atoms with Crippen LogP contribution in [0.15, 0.2) is 0 Å². The maximum atomic E-state index is 11.0. The lowest BCUT2D eigenvalue weighted by Crippen LogP contribution is -2.28. The van der Waals surface area contributed by atoms with Gasteiger partial charge >= 0.3 is 0 Å². The van der Waals surface area contributed by atoms with Crippen molar-refractivity contribution in [2.24, 2.45) is 0 Å². The number of nitrogens with zero attached hydrogens (tertiary/aromatic N) is 1. The van der Waals surface area contributed by atoms with Gasteiger partial charge in [-0.3, -0.25) is 4.79 Å². The van der Waals surface area contributed by atoms with Gasteiger partial charge in [-0.05, 0) is 12.8 Å². The molecule has 0 saturated carbocycles. The maximum Gasteiger partial charge on any atom is 0.245 e. The van der Waals surface area contributed by atoms with Crippen molar-refractivity contribution >= 4 is 5.91 Å². The molecule has 0 radical (unpaired) electrons. The van der Waals surface area contributed by atoms with E-state index in [1.807, 2.05) is 13.0 Å². The molecule has 0 aromatic rings. The van der Waals surface area contributed by atoms with Crippen molar-refractivity contribution in [1.82, 2.24) is 5.32 Å². The first-order valence-electron chi connectivity index (χ1n) is 4.52. The van der Waals surface area contributed by atoms with Crippen LogP contribution in [0.3, 0.4) is 0 Å². The summed E-state index contributed by atoms with van der Waals surface area (Å²) in [5.74, 6) is -0.105. The zero-order chi connectivity index (χ0) is 9.94. The summed E-state index contributed by atoms with van der Waals surface area (Å²) < 4.78 is 5.02. The van der Waals surface area contributed by atoms with Crippen LogP contribution in [0.1, 0.15) is 26.2 Å². The number of rotatable bonds is 7. The number of nitriles is 1. The van der Waals surface area contributed by atoms with Crippen LogP contribution < -0.4 is 5.32 Å². The Morgan fingerprint density at radius 2 is 2.38 bits per heavy atom. The number of ether oxygens (including phenoxy) is 1. The third-order valence-corrected chi connectivity index (χ3v) is 1.37. The van der Waals surface area contributed by atoms with Crippen molar-refractivity contribution in [2.75, 3.05) is 19.8 Å². The van der Waals surface area contributed by atoms with E-state index < -0.39 is 0 Å². The second-order valence-corrected chi connectivity index (χ2v) is 2.66. The van der Waals surface area contributed by atoms with E-state index in [-0.39, 0.29) is 12.5 Å². The average Bonchev–Trinajstić information content (AvgIpc) is 2.13. The van der Waals surface area contributed by atoms with Crippen LogP contribution >= 0.6 is 0 Å². The number of carbonyl (C=O) groups excluding carboxylic acids is 1. The van der Waals surface area contributed by atoms with Gasteiger partial charge < -0.3 is 10.1 Å². The van der Waals surface area contributed by atoms with Gasteiger partial charge in [0.05, 0.1) is 6.07 Å². The van der Waals surface area contributed by atoms with E-state index in [4.69, 9.17) is 10.00 Å². The Hall–Kier alpha value is -1.08. The van der Waals surface area contributed by atoms with Crippen molar-refractivity contribution < 1.29 is 9.53 Å². The van der Waals surface area contributed by atoms with E-state index in [1.165, 1.54) is 0 Å².